The van der Waals surface area contributed by atoms with Crippen molar-refractivity contribution in [3.63, 3.8) is 0 Å². The molecule has 0 bridgehead atoms. The van der Waals surface area contributed by atoms with Crippen molar-refractivity contribution in [3.05, 3.63) is 108 Å². The molecular formula is C30H35N3O4S. The van der Waals surface area contributed by atoms with Gasteiger partial charge in [0.1, 0.15) is 12.1 Å². The highest BCUT2D eigenvalue weighted by Crippen LogP contribution is 2.48. The number of aliphatic carboxylic acids is 1. The Balaban J connectivity index is 2.04. The van der Waals surface area contributed by atoms with Gasteiger partial charge in [0.05, 0.1) is 11.3 Å². The zero-order valence-corrected chi connectivity index (χ0v) is 22.5. The van der Waals surface area contributed by atoms with E-state index in [4.69, 9.17) is 5.73 Å². The molecule has 2 amide bonds. The number of carboxylic acids is 1. The molecule has 5 N–H and O–H groups in total. The Labute approximate surface area is 228 Å². The summed E-state index contributed by atoms with van der Waals surface area (Å²) in [6.45, 7) is 3.49. The normalized spacial score (nSPS) is 12.9. The van der Waals surface area contributed by atoms with Crippen LogP contribution in [0.3, 0.4) is 0 Å². The molecule has 3 aromatic carbocycles. The minimum atomic E-state index is -1.11. The van der Waals surface area contributed by atoms with Gasteiger partial charge < -0.3 is 21.5 Å². The van der Waals surface area contributed by atoms with Crippen molar-refractivity contribution in [3.8, 4) is 0 Å². The predicted molar refractivity (Wildman–Crippen MR) is 152 cm³/mol. The number of benzene rings is 3. The lowest BCUT2D eigenvalue weighted by Crippen LogP contribution is -2.54. The van der Waals surface area contributed by atoms with Crippen molar-refractivity contribution >= 4 is 29.5 Å². The highest BCUT2D eigenvalue weighted by Gasteiger charge is 2.39. The molecule has 3 aromatic rings. The van der Waals surface area contributed by atoms with E-state index >= 15 is 0 Å². The summed E-state index contributed by atoms with van der Waals surface area (Å²) < 4.78 is -0.708. The van der Waals surface area contributed by atoms with Crippen LogP contribution in [0.25, 0.3) is 0 Å². The fourth-order valence-electron chi connectivity index (χ4n) is 4.38. The summed E-state index contributed by atoms with van der Waals surface area (Å²) in [5, 5.41) is 15.0. The third kappa shape index (κ3) is 7.24. The highest BCUT2D eigenvalue weighted by molar-refractivity contribution is 8.00. The number of hydrogen-bond acceptors (Lipinski definition) is 5. The fraction of sp³-hybridized carbons (Fsp3) is 0.300. The molecule has 0 saturated heterocycles. The van der Waals surface area contributed by atoms with Crippen LogP contribution in [0.4, 0.5) is 0 Å². The van der Waals surface area contributed by atoms with Gasteiger partial charge in [-0.15, -0.1) is 11.8 Å². The molecule has 7 nitrogen and oxygen atoms in total. The molecule has 0 aromatic heterocycles. The fourth-order valence-corrected chi connectivity index (χ4v) is 5.94. The number of carboxylic acid groups (broad SMARTS) is 1. The van der Waals surface area contributed by atoms with Crippen LogP contribution in [-0.4, -0.2) is 47.3 Å². The minimum absolute atomic E-state index is 0.0600. The Bertz CT molecular complexity index is 1090. The van der Waals surface area contributed by atoms with Crippen molar-refractivity contribution in [1.29, 1.82) is 0 Å². The van der Waals surface area contributed by atoms with Crippen LogP contribution in [0.5, 0.6) is 0 Å². The summed E-state index contributed by atoms with van der Waals surface area (Å²) in [5.74, 6) is -1.94. The van der Waals surface area contributed by atoms with Crippen LogP contribution >= 0.6 is 11.8 Å². The number of hydrogen-bond donors (Lipinski definition) is 4. The Morgan fingerprint density at radius 1 is 0.789 bits per heavy atom. The second kappa shape index (κ2) is 13.8. The zero-order valence-electron chi connectivity index (χ0n) is 21.7. The summed E-state index contributed by atoms with van der Waals surface area (Å²) in [7, 11) is 0. The molecule has 200 valence electrons. The van der Waals surface area contributed by atoms with E-state index in [1.54, 1.807) is 0 Å². The topological polar surface area (TPSA) is 122 Å². The van der Waals surface area contributed by atoms with Gasteiger partial charge in [0.15, 0.2) is 0 Å². The smallest absolute Gasteiger partial charge is 0.326 e. The van der Waals surface area contributed by atoms with Gasteiger partial charge in [-0.05, 0) is 29.0 Å². The Morgan fingerprint density at radius 2 is 1.24 bits per heavy atom. The van der Waals surface area contributed by atoms with Crippen LogP contribution in [0.2, 0.25) is 0 Å². The number of carbonyl (C=O) groups is 3. The average molecular weight is 534 g/mol. The summed E-state index contributed by atoms with van der Waals surface area (Å²) in [5.41, 5.74) is 8.57. The second-order valence-corrected chi connectivity index (χ2v) is 10.7. The molecule has 0 aliphatic rings. The van der Waals surface area contributed by atoms with E-state index in [0.29, 0.717) is 0 Å². The first kappa shape index (κ1) is 28.9. The lowest BCUT2D eigenvalue weighted by atomic mass is 9.84. The predicted octanol–water partition coefficient (Wildman–Crippen LogP) is 3.77. The summed E-state index contributed by atoms with van der Waals surface area (Å²) in [6, 6.07) is 27.9. The second-order valence-electron chi connectivity index (χ2n) is 9.44. The molecule has 0 spiro atoms. The van der Waals surface area contributed by atoms with Gasteiger partial charge in [-0.3, -0.25) is 9.59 Å². The lowest BCUT2D eigenvalue weighted by molar-refractivity contribution is -0.142. The summed E-state index contributed by atoms with van der Waals surface area (Å²) in [4.78, 5) is 37.5. The molecule has 0 unspecified atom stereocenters. The van der Waals surface area contributed by atoms with Gasteiger partial charge in [-0.2, -0.15) is 0 Å². The van der Waals surface area contributed by atoms with Crippen LogP contribution in [-0.2, 0) is 19.1 Å². The van der Waals surface area contributed by atoms with Gasteiger partial charge >= 0.3 is 5.97 Å². The van der Waals surface area contributed by atoms with Gasteiger partial charge in [0.2, 0.25) is 11.8 Å². The van der Waals surface area contributed by atoms with Crippen LogP contribution in [0.15, 0.2) is 91.0 Å². The largest absolute Gasteiger partial charge is 0.480 e. The van der Waals surface area contributed by atoms with E-state index in [-0.39, 0.29) is 24.6 Å². The Kier molecular flexibility index (Phi) is 10.5. The van der Waals surface area contributed by atoms with Gasteiger partial charge in [0, 0.05) is 5.75 Å². The van der Waals surface area contributed by atoms with Gasteiger partial charge in [-0.1, -0.05) is 105 Å². The number of rotatable bonds is 13. The van der Waals surface area contributed by atoms with E-state index in [2.05, 4.69) is 10.6 Å². The first-order chi connectivity index (χ1) is 18.3. The van der Waals surface area contributed by atoms with Crippen molar-refractivity contribution < 1.29 is 19.5 Å². The standard InChI is InChI=1S/C30H35N3O4S/c1-21(2)18-25(29(36)37)33-28(35)26(32-27(34)19-31)20-38-30(22-12-6-3-7-13-22,23-14-8-4-9-15-23)24-16-10-5-11-17-24/h3-17,21,25-26H,18-20,31H2,1-2H3,(H,32,34)(H,33,35)(H,36,37)/t25-,26-/m0/s1. The number of nitrogens with two attached hydrogens (primary N) is 1. The minimum Gasteiger partial charge on any atom is -0.480 e. The van der Waals surface area contributed by atoms with Crippen molar-refractivity contribution in [2.45, 2.75) is 37.1 Å². The Morgan fingerprint density at radius 3 is 1.61 bits per heavy atom. The molecule has 0 aliphatic carbocycles. The van der Waals surface area contributed by atoms with Crippen molar-refractivity contribution in [2.75, 3.05) is 12.3 Å². The number of nitrogens with one attached hydrogen (secondary N) is 2. The number of carbonyl (C=O) groups excluding carboxylic acids is 2. The molecule has 8 heteroatoms. The van der Waals surface area contributed by atoms with Crippen LogP contribution in [0, 0.1) is 5.92 Å². The highest BCUT2D eigenvalue weighted by atomic mass is 32.2. The van der Waals surface area contributed by atoms with Crippen LogP contribution < -0.4 is 16.4 Å². The maximum absolute atomic E-state index is 13.4. The van der Waals surface area contributed by atoms with E-state index in [1.165, 1.54) is 11.8 Å². The average Bonchev–Trinajstić information content (AvgIpc) is 2.93. The molecule has 0 fully saturated rings. The maximum atomic E-state index is 13.4. The van der Waals surface area contributed by atoms with Gasteiger partial charge in [0.25, 0.3) is 0 Å². The zero-order chi connectivity index (χ0) is 27.5. The third-order valence-corrected chi connectivity index (χ3v) is 7.81. The Hall–Kier alpha value is -3.62. The van der Waals surface area contributed by atoms with Crippen LogP contribution in [0.1, 0.15) is 37.0 Å². The SMILES string of the molecule is CC(C)C[C@H](NC(=O)[C@H](CSC(c1ccccc1)(c1ccccc1)c1ccccc1)NC(=O)CN)C(=O)O. The van der Waals surface area contributed by atoms with Gasteiger partial charge in [-0.25, -0.2) is 4.79 Å². The summed E-state index contributed by atoms with van der Waals surface area (Å²) in [6.07, 6.45) is 0.272. The molecule has 2 atom stereocenters. The number of thioether (sulfide) groups is 1. The molecule has 0 aliphatic heterocycles. The third-order valence-electron chi connectivity index (χ3n) is 6.17. The molecular weight excluding hydrogens is 498 g/mol. The quantitative estimate of drug-likeness (QED) is 0.248. The van der Waals surface area contributed by atoms with E-state index in [1.807, 2.05) is 105 Å². The number of amides is 2. The molecule has 0 radical (unpaired) electrons. The summed E-state index contributed by atoms with van der Waals surface area (Å²) >= 11 is 1.50. The van der Waals surface area contributed by atoms with Crippen molar-refractivity contribution in [2.24, 2.45) is 11.7 Å². The van der Waals surface area contributed by atoms with Crippen molar-refractivity contribution in [1.82, 2.24) is 10.6 Å². The molecule has 38 heavy (non-hydrogen) atoms. The molecule has 3 rings (SSSR count). The first-order valence-electron chi connectivity index (χ1n) is 12.6. The molecule has 0 heterocycles. The van der Waals surface area contributed by atoms with E-state index in [0.717, 1.165) is 16.7 Å². The first-order valence-corrected chi connectivity index (χ1v) is 13.6. The van der Waals surface area contributed by atoms with E-state index in [9.17, 15) is 19.5 Å². The molecule has 0 saturated carbocycles. The lowest BCUT2D eigenvalue weighted by Gasteiger charge is -2.36. The van der Waals surface area contributed by atoms with E-state index < -0.39 is 34.6 Å². The maximum Gasteiger partial charge on any atom is 0.326 e. The monoisotopic (exact) mass is 533 g/mol.